The largest absolute Gasteiger partial charge is 0.215 e. The van der Waals surface area contributed by atoms with Gasteiger partial charge in [0.15, 0.2) is 0 Å². The van der Waals surface area contributed by atoms with E-state index in [1.165, 1.54) is 0 Å². The quantitative estimate of drug-likeness (QED) is 0.881. The van der Waals surface area contributed by atoms with Gasteiger partial charge in [0.1, 0.15) is 0 Å². The van der Waals surface area contributed by atoms with E-state index in [-0.39, 0.29) is 5.75 Å². The average molecular weight is 260 g/mol. The van der Waals surface area contributed by atoms with E-state index in [4.69, 9.17) is 11.6 Å². The standard InChI is InChI=1S/C11H14ClNO2S/c12-11-4-2-1-3-10(11)8-16(14,15)13-7-9-5-6-9/h1-4,9,13H,5-8H2. The fraction of sp³-hybridized carbons (Fsp3) is 0.455. The minimum atomic E-state index is -3.25. The summed E-state index contributed by atoms with van der Waals surface area (Å²) in [5.74, 6) is 0.500. The first kappa shape index (κ1) is 11.9. The lowest BCUT2D eigenvalue weighted by molar-refractivity contribution is 0.576. The summed E-state index contributed by atoms with van der Waals surface area (Å²) < 4.78 is 26.0. The molecule has 0 amide bonds. The normalized spacial score (nSPS) is 16.3. The summed E-state index contributed by atoms with van der Waals surface area (Å²) >= 11 is 5.91. The molecule has 88 valence electrons. The van der Waals surface area contributed by atoms with Crippen molar-refractivity contribution < 1.29 is 8.42 Å². The number of benzene rings is 1. The van der Waals surface area contributed by atoms with Gasteiger partial charge in [0, 0.05) is 11.6 Å². The second kappa shape index (κ2) is 4.73. The number of halogens is 1. The molecular weight excluding hydrogens is 246 g/mol. The van der Waals surface area contributed by atoms with Crippen molar-refractivity contribution >= 4 is 21.6 Å². The number of sulfonamides is 1. The van der Waals surface area contributed by atoms with Crippen molar-refractivity contribution in [3.05, 3.63) is 34.9 Å². The van der Waals surface area contributed by atoms with E-state index in [0.717, 1.165) is 12.8 Å². The van der Waals surface area contributed by atoms with Crippen LogP contribution in [0.15, 0.2) is 24.3 Å². The molecule has 0 aliphatic heterocycles. The highest BCUT2D eigenvalue weighted by Crippen LogP contribution is 2.28. The molecule has 2 rings (SSSR count). The third kappa shape index (κ3) is 3.47. The maximum Gasteiger partial charge on any atom is 0.215 e. The van der Waals surface area contributed by atoms with Gasteiger partial charge in [0.25, 0.3) is 0 Å². The molecule has 1 aliphatic carbocycles. The first-order chi connectivity index (χ1) is 7.57. The Kier molecular flexibility index (Phi) is 3.52. The molecule has 0 unspecified atom stereocenters. The Balaban J connectivity index is 1.99. The van der Waals surface area contributed by atoms with Crippen molar-refractivity contribution in [3.8, 4) is 0 Å². The Labute approximate surface area is 101 Å². The van der Waals surface area contributed by atoms with Crippen LogP contribution < -0.4 is 4.72 Å². The number of nitrogens with one attached hydrogen (secondary N) is 1. The van der Waals surface area contributed by atoms with Gasteiger partial charge < -0.3 is 0 Å². The molecule has 1 aliphatic rings. The van der Waals surface area contributed by atoms with Crippen LogP contribution in [0.2, 0.25) is 5.02 Å². The molecule has 1 saturated carbocycles. The van der Waals surface area contributed by atoms with Crippen LogP contribution in [0.4, 0.5) is 0 Å². The Bertz CT molecular complexity index is 469. The van der Waals surface area contributed by atoms with E-state index in [2.05, 4.69) is 4.72 Å². The highest BCUT2D eigenvalue weighted by Gasteiger charge is 2.23. The number of hydrogen-bond donors (Lipinski definition) is 1. The second-order valence-corrected chi connectivity index (χ2v) is 6.36. The van der Waals surface area contributed by atoms with E-state index >= 15 is 0 Å². The van der Waals surface area contributed by atoms with Crippen molar-refractivity contribution in [1.29, 1.82) is 0 Å². The Hall–Kier alpha value is -0.580. The molecular formula is C11H14ClNO2S. The van der Waals surface area contributed by atoms with Gasteiger partial charge in [-0.05, 0) is 30.4 Å². The Morgan fingerprint density at radius 1 is 1.31 bits per heavy atom. The SMILES string of the molecule is O=S(=O)(Cc1ccccc1Cl)NCC1CC1. The molecule has 0 aromatic heterocycles. The van der Waals surface area contributed by atoms with Gasteiger partial charge >= 0.3 is 0 Å². The third-order valence-corrected chi connectivity index (χ3v) is 4.26. The molecule has 0 bridgehead atoms. The monoisotopic (exact) mass is 259 g/mol. The van der Waals surface area contributed by atoms with Crippen LogP contribution in [0.3, 0.4) is 0 Å². The summed E-state index contributed by atoms with van der Waals surface area (Å²) in [7, 11) is -3.25. The molecule has 0 spiro atoms. The van der Waals surface area contributed by atoms with Gasteiger partial charge in [-0.1, -0.05) is 29.8 Å². The minimum absolute atomic E-state index is 0.0423. The first-order valence-electron chi connectivity index (χ1n) is 5.27. The summed E-state index contributed by atoms with van der Waals surface area (Å²) in [6.45, 7) is 0.562. The lowest BCUT2D eigenvalue weighted by Gasteiger charge is -2.07. The fourth-order valence-electron chi connectivity index (χ4n) is 1.44. The van der Waals surface area contributed by atoms with Crippen LogP contribution in [0.5, 0.6) is 0 Å². The van der Waals surface area contributed by atoms with Gasteiger partial charge in [0.05, 0.1) is 5.75 Å². The molecule has 1 fully saturated rings. The van der Waals surface area contributed by atoms with Crippen LogP contribution in [-0.2, 0) is 15.8 Å². The highest BCUT2D eigenvalue weighted by molar-refractivity contribution is 7.88. The van der Waals surface area contributed by atoms with Gasteiger partial charge in [-0.2, -0.15) is 0 Å². The van der Waals surface area contributed by atoms with Gasteiger partial charge in [-0.25, -0.2) is 13.1 Å². The van der Waals surface area contributed by atoms with Crippen molar-refractivity contribution in [2.75, 3.05) is 6.54 Å². The smallest absolute Gasteiger partial charge is 0.215 e. The summed E-state index contributed by atoms with van der Waals surface area (Å²) in [4.78, 5) is 0. The summed E-state index contributed by atoms with van der Waals surface area (Å²) in [6, 6.07) is 7.01. The van der Waals surface area contributed by atoms with Gasteiger partial charge in [0.2, 0.25) is 10.0 Å². The zero-order valence-corrected chi connectivity index (χ0v) is 10.4. The van der Waals surface area contributed by atoms with Gasteiger partial charge in [-0.3, -0.25) is 0 Å². The van der Waals surface area contributed by atoms with Crippen molar-refractivity contribution in [1.82, 2.24) is 4.72 Å². The van der Waals surface area contributed by atoms with Crippen molar-refractivity contribution in [3.63, 3.8) is 0 Å². The van der Waals surface area contributed by atoms with E-state index < -0.39 is 10.0 Å². The Morgan fingerprint density at radius 2 is 2.00 bits per heavy atom. The zero-order chi connectivity index (χ0) is 11.6. The van der Waals surface area contributed by atoms with Crippen LogP contribution in [0.1, 0.15) is 18.4 Å². The molecule has 16 heavy (non-hydrogen) atoms. The van der Waals surface area contributed by atoms with E-state index in [1.807, 2.05) is 0 Å². The molecule has 5 heteroatoms. The summed E-state index contributed by atoms with van der Waals surface area (Å²) in [6.07, 6.45) is 2.27. The van der Waals surface area contributed by atoms with E-state index in [9.17, 15) is 8.42 Å². The van der Waals surface area contributed by atoms with Crippen LogP contribution in [0, 0.1) is 5.92 Å². The predicted molar refractivity (Wildman–Crippen MR) is 64.8 cm³/mol. The van der Waals surface area contributed by atoms with Gasteiger partial charge in [-0.15, -0.1) is 0 Å². The topological polar surface area (TPSA) is 46.2 Å². The number of rotatable bonds is 5. The molecule has 3 nitrogen and oxygen atoms in total. The van der Waals surface area contributed by atoms with E-state index in [0.29, 0.717) is 23.0 Å². The van der Waals surface area contributed by atoms with Crippen molar-refractivity contribution in [2.45, 2.75) is 18.6 Å². The van der Waals surface area contributed by atoms with E-state index in [1.54, 1.807) is 24.3 Å². The average Bonchev–Trinajstić information content (AvgIpc) is 3.02. The van der Waals surface area contributed by atoms with Crippen molar-refractivity contribution in [2.24, 2.45) is 5.92 Å². The summed E-state index contributed by atoms with van der Waals surface area (Å²) in [5.41, 5.74) is 0.646. The molecule has 0 radical (unpaired) electrons. The Morgan fingerprint density at radius 3 is 2.62 bits per heavy atom. The first-order valence-corrected chi connectivity index (χ1v) is 7.30. The maximum absolute atomic E-state index is 11.7. The predicted octanol–water partition coefficient (Wildman–Crippen LogP) is 2.17. The molecule has 0 heterocycles. The maximum atomic E-state index is 11.7. The second-order valence-electron chi connectivity index (χ2n) is 4.14. The molecule has 0 saturated heterocycles. The molecule has 1 N–H and O–H groups in total. The zero-order valence-electron chi connectivity index (χ0n) is 8.82. The van der Waals surface area contributed by atoms with Crippen LogP contribution in [-0.4, -0.2) is 15.0 Å². The highest BCUT2D eigenvalue weighted by atomic mass is 35.5. The molecule has 1 aromatic carbocycles. The van der Waals surface area contributed by atoms with Crippen LogP contribution in [0.25, 0.3) is 0 Å². The fourth-order valence-corrected chi connectivity index (χ4v) is 2.97. The molecule has 0 atom stereocenters. The lowest BCUT2D eigenvalue weighted by atomic mass is 10.2. The molecule has 1 aromatic rings. The lowest BCUT2D eigenvalue weighted by Crippen LogP contribution is -2.27. The number of hydrogen-bond acceptors (Lipinski definition) is 2. The summed E-state index contributed by atoms with van der Waals surface area (Å²) in [5, 5.41) is 0.499. The third-order valence-electron chi connectivity index (χ3n) is 2.59. The van der Waals surface area contributed by atoms with Crippen LogP contribution >= 0.6 is 11.6 Å². The minimum Gasteiger partial charge on any atom is -0.215 e.